The van der Waals surface area contributed by atoms with Gasteiger partial charge in [-0.05, 0) is 74.4 Å². The fraction of sp³-hybridized carbons (Fsp3) is 0.250. The number of thiazole rings is 1. The highest BCUT2D eigenvalue weighted by Gasteiger charge is 2.30. The minimum atomic E-state index is -4.47. The number of hydrogen-bond acceptors (Lipinski definition) is 6. The molecule has 0 bridgehead atoms. The molecule has 1 aromatic heterocycles. The largest absolute Gasteiger partial charge is 0.465 e. The van der Waals surface area contributed by atoms with Crippen molar-refractivity contribution in [1.29, 1.82) is 0 Å². The summed E-state index contributed by atoms with van der Waals surface area (Å²) in [6, 6.07) is 17.3. The van der Waals surface area contributed by atoms with Crippen molar-refractivity contribution in [2.24, 2.45) is 0 Å². The molecule has 0 saturated carbocycles. The maximum atomic E-state index is 13.1. The molecule has 4 rings (SSSR count). The highest BCUT2D eigenvalue weighted by molar-refractivity contribution is 7.14. The van der Waals surface area contributed by atoms with Gasteiger partial charge < -0.3 is 15.2 Å². The van der Waals surface area contributed by atoms with Crippen molar-refractivity contribution in [3.05, 3.63) is 95.0 Å². The van der Waals surface area contributed by atoms with E-state index in [1.54, 1.807) is 81.7 Å². The number of ether oxygens (including phenoxy) is 1. The lowest BCUT2D eigenvalue weighted by Gasteiger charge is -2.23. The number of halogens is 3. The molecule has 0 radical (unpaired) electrons. The van der Waals surface area contributed by atoms with Crippen LogP contribution < -0.4 is 15.1 Å². The molecule has 13 heteroatoms. The van der Waals surface area contributed by atoms with Crippen LogP contribution in [0.2, 0.25) is 0 Å². The number of carbonyl (C=O) groups is 3. The number of nitrogens with zero attached hydrogens (tertiary/aromatic N) is 3. The Morgan fingerprint density at radius 3 is 2.20 bits per heavy atom. The topological polar surface area (TPSA) is 112 Å². The van der Waals surface area contributed by atoms with E-state index in [9.17, 15) is 32.7 Å². The van der Waals surface area contributed by atoms with Crippen molar-refractivity contribution in [1.82, 2.24) is 4.98 Å². The van der Waals surface area contributed by atoms with Crippen molar-refractivity contribution in [3.63, 3.8) is 0 Å². The highest BCUT2D eigenvalue weighted by Crippen LogP contribution is 2.32. The number of alkyl halides is 3. The first-order valence-electron chi connectivity index (χ1n) is 13.7. The van der Waals surface area contributed by atoms with Crippen LogP contribution in [0.15, 0.2) is 78.2 Å². The third-order valence-corrected chi connectivity index (χ3v) is 7.41. The first kappa shape index (κ1) is 33.0. The molecule has 4 aromatic rings. The molecule has 0 fully saturated rings. The average Bonchev–Trinajstić information content (AvgIpc) is 3.45. The van der Waals surface area contributed by atoms with Crippen LogP contribution in [-0.4, -0.2) is 47.4 Å². The van der Waals surface area contributed by atoms with Crippen molar-refractivity contribution in [3.8, 4) is 11.1 Å². The number of amides is 3. The molecule has 236 valence electrons. The van der Waals surface area contributed by atoms with E-state index in [1.165, 1.54) is 28.4 Å². The summed E-state index contributed by atoms with van der Waals surface area (Å²) in [7, 11) is 1.55. The normalized spacial score (nSPS) is 11.5. The Bertz CT molecular complexity index is 1670. The van der Waals surface area contributed by atoms with Gasteiger partial charge in [-0.25, -0.2) is 14.6 Å². The molecular weight excluding hydrogens is 609 g/mol. The lowest BCUT2D eigenvalue weighted by Crippen LogP contribution is -2.34. The van der Waals surface area contributed by atoms with E-state index >= 15 is 0 Å². The maximum Gasteiger partial charge on any atom is 0.416 e. The van der Waals surface area contributed by atoms with Gasteiger partial charge in [-0.2, -0.15) is 13.2 Å². The van der Waals surface area contributed by atoms with Gasteiger partial charge in [0.2, 0.25) is 0 Å². The molecule has 45 heavy (non-hydrogen) atoms. The highest BCUT2D eigenvalue weighted by atomic mass is 32.1. The first-order chi connectivity index (χ1) is 21.1. The Balaban J connectivity index is 1.41. The molecular formula is C32H31F3N4O5S. The number of carboxylic acid groups (broad SMARTS) is 1. The molecule has 3 aromatic carbocycles. The fourth-order valence-electron chi connectivity index (χ4n) is 4.23. The van der Waals surface area contributed by atoms with E-state index < -0.39 is 35.4 Å². The lowest BCUT2D eigenvalue weighted by atomic mass is 9.98. The van der Waals surface area contributed by atoms with Crippen LogP contribution in [0, 0.1) is 0 Å². The van der Waals surface area contributed by atoms with Gasteiger partial charge in [0.25, 0.3) is 5.91 Å². The molecule has 0 atom stereocenters. The molecule has 0 saturated heterocycles. The molecule has 0 unspecified atom stereocenters. The first-order valence-corrected chi connectivity index (χ1v) is 14.6. The standard InChI is InChI=1S/C32H31F3N4O5S/c1-31(2,3)44-30(43)38(4)28-37-23(19-45-28)17-18-39(29(41)42)24-15-13-22(14-16-24)36-27(40)26-8-6-5-7-25(26)20-9-11-21(12-10-20)32(33,34)35/h5-16,19H,17-18H2,1-4H3,(H,36,40)(H,41,42). The molecule has 0 spiro atoms. The number of carbonyl (C=O) groups excluding carboxylic acids is 2. The number of anilines is 3. The predicted octanol–water partition coefficient (Wildman–Crippen LogP) is 8.18. The van der Waals surface area contributed by atoms with Crippen LogP contribution in [0.4, 0.5) is 39.3 Å². The second kappa shape index (κ2) is 13.4. The summed E-state index contributed by atoms with van der Waals surface area (Å²) in [5, 5.41) is 14.8. The van der Waals surface area contributed by atoms with Crippen LogP contribution in [0.3, 0.4) is 0 Å². The summed E-state index contributed by atoms with van der Waals surface area (Å²) in [5.74, 6) is -0.482. The van der Waals surface area contributed by atoms with Gasteiger partial charge in [-0.15, -0.1) is 11.3 Å². The zero-order valence-corrected chi connectivity index (χ0v) is 25.7. The molecule has 0 aliphatic carbocycles. The fourth-order valence-corrected chi connectivity index (χ4v) is 5.04. The minimum Gasteiger partial charge on any atom is -0.465 e. The van der Waals surface area contributed by atoms with Crippen LogP contribution in [-0.2, 0) is 17.3 Å². The van der Waals surface area contributed by atoms with Crippen LogP contribution in [0.5, 0.6) is 0 Å². The zero-order chi connectivity index (χ0) is 32.9. The third kappa shape index (κ3) is 8.60. The number of aromatic nitrogens is 1. The summed E-state index contributed by atoms with van der Waals surface area (Å²) in [5.41, 5.74) is 1.08. The smallest absolute Gasteiger partial charge is 0.416 e. The predicted molar refractivity (Wildman–Crippen MR) is 167 cm³/mol. The minimum absolute atomic E-state index is 0.0842. The van der Waals surface area contributed by atoms with Crippen LogP contribution >= 0.6 is 11.3 Å². The SMILES string of the molecule is CN(C(=O)OC(C)(C)C)c1nc(CCN(C(=O)O)c2ccc(NC(=O)c3ccccc3-c3ccc(C(F)(F)F)cc3)cc2)cs1. The number of nitrogens with one attached hydrogen (secondary N) is 1. The summed E-state index contributed by atoms with van der Waals surface area (Å²) in [6.07, 6.45) is -5.92. The van der Waals surface area contributed by atoms with Gasteiger partial charge >= 0.3 is 18.4 Å². The van der Waals surface area contributed by atoms with Gasteiger partial charge in [-0.1, -0.05) is 30.3 Å². The summed E-state index contributed by atoms with van der Waals surface area (Å²) < 4.78 is 44.3. The molecule has 1 heterocycles. The second-order valence-corrected chi connectivity index (χ2v) is 11.8. The maximum absolute atomic E-state index is 13.1. The van der Waals surface area contributed by atoms with Gasteiger partial charge in [0, 0.05) is 42.3 Å². The van der Waals surface area contributed by atoms with Gasteiger partial charge in [0.1, 0.15) is 5.60 Å². The number of hydrogen-bond donors (Lipinski definition) is 2. The Hall–Kier alpha value is -4.91. The monoisotopic (exact) mass is 640 g/mol. The molecule has 2 N–H and O–H groups in total. The van der Waals surface area contributed by atoms with E-state index in [0.29, 0.717) is 33.3 Å². The second-order valence-electron chi connectivity index (χ2n) is 11.0. The van der Waals surface area contributed by atoms with Gasteiger partial charge in [0.05, 0.1) is 11.3 Å². The van der Waals surface area contributed by atoms with Crippen molar-refractivity contribution in [2.45, 2.75) is 39.0 Å². The molecule has 0 aliphatic rings. The average molecular weight is 641 g/mol. The van der Waals surface area contributed by atoms with Crippen molar-refractivity contribution >= 4 is 45.9 Å². The van der Waals surface area contributed by atoms with Crippen molar-refractivity contribution < 1.29 is 37.4 Å². The lowest BCUT2D eigenvalue weighted by molar-refractivity contribution is -0.137. The number of rotatable bonds is 8. The van der Waals surface area contributed by atoms with E-state index in [2.05, 4.69) is 10.3 Å². The molecule has 3 amide bonds. The third-order valence-electron chi connectivity index (χ3n) is 6.45. The Labute approximate surface area is 261 Å². The van der Waals surface area contributed by atoms with Gasteiger partial charge in [-0.3, -0.25) is 14.6 Å². The Morgan fingerprint density at radius 2 is 1.60 bits per heavy atom. The van der Waals surface area contributed by atoms with Crippen molar-refractivity contribution in [2.75, 3.05) is 28.7 Å². The summed E-state index contributed by atoms with van der Waals surface area (Å²) in [6.45, 7) is 5.37. The Morgan fingerprint density at radius 1 is 0.956 bits per heavy atom. The van der Waals surface area contributed by atoms with E-state index in [-0.39, 0.29) is 18.5 Å². The van der Waals surface area contributed by atoms with E-state index in [1.807, 2.05) is 0 Å². The summed E-state index contributed by atoms with van der Waals surface area (Å²) >= 11 is 1.24. The number of benzene rings is 3. The van der Waals surface area contributed by atoms with E-state index in [0.717, 1.165) is 17.0 Å². The van der Waals surface area contributed by atoms with Crippen LogP contribution in [0.1, 0.15) is 42.4 Å². The van der Waals surface area contributed by atoms with Gasteiger partial charge in [0.15, 0.2) is 5.13 Å². The molecule has 0 aliphatic heterocycles. The molecule has 9 nitrogen and oxygen atoms in total. The zero-order valence-electron chi connectivity index (χ0n) is 24.9. The Kier molecular flexibility index (Phi) is 9.81. The van der Waals surface area contributed by atoms with Crippen LogP contribution in [0.25, 0.3) is 11.1 Å². The summed E-state index contributed by atoms with van der Waals surface area (Å²) in [4.78, 5) is 44.4. The quantitative estimate of drug-likeness (QED) is 0.201. The van der Waals surface area contributed by atoms with E-state index in [4.69, 9.17) is 4.74 Å².